The maximum atomic E-state index is 12.0. The molecule has 120 valence electrons. The molecule has 0 unspecified atom stereocenters. The quantitative estimate of drug-likeness (QED) is 0.922. The molecule has 1 aliphatic heterocycles. The zero-order chi connectivity index (χ0) is 15.9. The number of carbonyl (C=O) groups excluding carboxylic acids is 1. The summed E-state index contributed by atoms with van der Waals surface area (Å²) in [5, 5.41) is 2.94. The number of rotatable bonds is 5. The van der Waals surface area contributed by atoms with E-state index >= 15 is 0 Å². The molecular weight excluding hydrogens is 288 g/mol. The first kappa shape index (κ1) is 15.5. The lowest BCUT2D eigenvalue weighted by Gasteiger charge is -2.28. The third kappa shape index (κ3) is 4.52. The zero-order valence-corrected chi connectivity index (χ0v) is 13.2. The van der Waals surface area contributed by atoms with Crippen molar-refractivity contribution in [3.8, 4) is 0 Å². The Morgan fingerprint density at radius 2 is 1.74 bits per heavy atom. The number of piperidine rings is 1. The SMILES string of the molecule is O=C(CCc1cncnc1)Nc1ccc(N2CCCCC2)cc1. The van der Waals surface area contributed by atoms with E-state index in [1.165, 1.54) is 31.3 Å². The molecule has 1 amide bonds. The van der Waals surface area contributed by atoms with Crippen LogP contribution in [0.1, 0.15) is 31.2 Å². The Hall–Kier alpha value is -2.43. The number of nitrogens with one attached hydrogen (secondary N) is 1. The number of hydrogen-bond donors (Lipinski definition) is 1. The van der Waals surface area contributed by atoms with E-state index in [1.807, 2.05) is 12.1 Å². The van der Waals surface area contributed by atoms with Crippen molar-refractivity contribution in [1.82, 2.24) is 9.97 Å². The number of hydrogen-bond acceptors (Lipinski definition) is 4. The Labute approximate surface area is 136 Å². The monoisotopic (exact) mass is 310 g/mol. The molecule has 5 nitrogen and oxygen atoms in total. The standard InChI is InChI=1S/C18H22N4O/c23-18(9-4-15-12-19-14-20-13-15)21-16-5-7-17(8-6-16)22-10-2-1-3-11-22/h5-8,12-14H,1-4,9-11H2,(H,21,23). The number of amides is 1. The summed E-state index contributed by atoms with van der Waals surface area (Å²) in [6, 6.07) is 8.14. The van der Waals surface area contributed by atoms with Gasteiger partial charge in [-0.15, -0.1) is 0 Å². The van der Waals surface area contributed by atoms with Gasteiger partial charge >= 0.3 is 0 Å². The average molecular weight is 310 g/mol. The summed E-state index contributed by atoms with van der Waals surface area (Å²) in [7, 11) is 0. The van der Waals surface area contributed by atoms with E-state index in [2.05, 4.69) is 32.3 Å². The third-order valence-electron chi connectivity index (χ3n) is 4.13. The van der Waals surface area contributed by atoms with E-state index in [1.54, 1.807) is 12.4 Å². The van der Waals surface area contributed by atoms with Gasteiger partial charge in [0.1, 0.15) is 6.33 Å². The zero-order valence-electron chi connectivity index (χ0n) is 13.2. The average Bonchev–Trinajstić information content (AvgIpc) is 2.62. The molecule has 2 heterocycles. The molecule has 1 aromatic heterocycles. The van der Waals surface area contributed by atoms with Crippen LogP contribution < -0.4 is 10.2 Å². The normalized spacial score (nSPS) is 14.5. The van der Waals surface area contributed by atoms with Gasteiger partial charge in [-0.25, -0.2) is 9.97 Å². The van der Waals surface area contributed by atoms with Gasteiger partial charge in [0, 0.05) is 43.3 Å². The molecule has 0 spiro atoms. The maximum Gasteiger partial charge on any atom is 0.224 e. The van der Waals surface area contributed by atoms with E-state index in [9.17, 15) is 4.79 Å². The second-order valence-corrected chi connectivity index (χ2v) is 5.89. The molecule has 0 atom stereocenters. The lowest BCUT2D eigenvalue weighted by atomic mass is 10.1. The second-order valence-electron chi connectivity index (χ2n) is 5.89. The molecule has 23 heavy (non-hydrogen) atoms. The van der Waals surface area contributed by atoms with Crippen molar-refractivity contribution >= 4 is 17.3 Å². The first-order chi connectivity index (χ1) is 11.3. The van der Waals surface area contributed by atoms with Gasteiger partial charge in [0.25, 0.3) is 0 Å². The number of anilines is 2. The highest BCUT2D eigenvalue weighted by molar-refractivity contribution is 5.91. The van der Waals surface area contributed by atoms with E-state index in [4.69, 9.17) is 0 Å². The summed E-state index contributed by atoms with van der Waals surface area (Å²) in [5.74, 6) is 0.0135. The van der Waals surface area contributed by atoms with Crippen molar-refractivity contribution in [3.63, 3.8) is 0 Å². The molecule has 1 aliphatic rings. The highest BCUT2D eigenvalue weighted by Crippen LogP contribution is 2.21. The molecule has 0 aliphatic carbocycles. The van der Waals surface area contributed by atoms with Crippen molar-refractivity contribution in [3.05, 3.63) is 48.5 Å². The summed E-state index contributed by atoms with van der Waals surface area (Å²) in [4.78, 5) is 22.3. The Morgan fingerprint density at radius 1 is 1.04 bits per heavy atom. The van der Waals surface area contributed by atoms with Gasteiger partial charge in [0.15, 0.2) is 0 Å². The fourth-order valence-corrected chi connectivity index (χ4v) is 2.85. The molecule has 5 heteroatoms. The predicted octanol–water partition coefficient (Wildman–Crippen LogP) is 3.04. The van der Waals surface area contributed by atoms with Gasteiger partial charge in [-0.1, -0.05) is 0 Å². The van der Waals surface area contributed by atoms with Crippen LogP contribution in [0.3, 0.4) is 0 Å². The van der Waals surface area contributed by atoms with E-state index in [-0.39, 0.29) is 5.91 Å². The predicted molar refractivity (Wildman–Crippen MR) is 91.5 cm³/mol. The fraction of sp³-hybridized carbons (Fsp3) is 0.389. The first-order valence-corrected chi connectivity index (χ1v) is 8.20. The number of carbonyl (C=O) groups is 1. The van der Waals surface area contributed by atoms with Crippen molar-refractivity contribution in [1.29, 1.82) is 0 Å². The van der Waals surface area contributed by atoms with Crippen LogP contribution in [0.2, 0.25) is 0 Å². The van der Waals surface area contributed by atoms with Crippen molar-refractivity contribution in [2.75, 3.05) is 23.3 Å². The number of aryl methyl sites for hydroxylation is 1. The highest BCUT2D eigenvalue weighted by atomic mass is 16.1. The largest absolute Gasteiger partial charge is 0.372 e. The Bertz CT molecular complexity index is 621. The van der Waals surface area contributed by atoms with Crippen LogP contribution in [-0.4, -0.2) is 29.0 Å². The second kappa shape index (κ2) is 7.72. The van der Waals surface area contributed by atoms with Gasteiger partial charge in [-0.2, -0.15) is 0 Å². The summed E-state index contributed by atoms with van der Waals surface area (Å²) in [6.07, 6.45) is 9.93. The highest BCUT2D eigenvalue weighted by Gasteiger charge is 2.11. The van der Waals surface area contributed by atoms with Crippen molar-refractivity contribution in [2.45, 2.75) is 32.1 Å². The summed E-state index contributed by atoms with van der Waals surface area (Å²) in [6.45, 7) is 2.26. The van der Waals surface area contributed by atoms with Gasteiger partial charge in [-0.05, 0) is 55.5 Å². The van der Waals surface area contributed by atoms with E-state index in [0.717, 1.165) is 24.3 Å². The molecular formula is C18H22N4O. The lowest BCUT2D eigenvalue weighted by Crippen LogP contribution is -2.29. The summed E-state index contributed by atoms with van der Waals surface area (Å²) >= 11 is 0. The molecule has 0 radical (unpaired) electrons. The van der Waals surface area contributed by atoms with Crippen LogP contribution in [-0.2, 0) is 11.2 Å². The summed E-state index contributed by atoms with van der Waals surface area (Å²) < 4.78 is 0. The van der Waals surface area contributed by atoms with Gasteiger partial charge < -0.3 is 10.2 Å². The van der Waals surface area contributed by atoms with Crippen LogP contribution in [0.25, 0.3) is 0 Å². The fourth-order valence-electron chi connectivity index (χ4n) is 2.85. The van der Waals surface area contributed by atoms with Crippen LogP contribution in [0.4, 0.5) is 11.4 Å². The van der Waals surface area contributed by atoms with Crippen molar-refractivity contribution < 1.29 is 4.79 Å². The minimum absolute atomic E-state index is 0.0135. The molecule has 0 saturated carbocycles. The van der Waals surface area contributed by atoms with Gasteiger partial charge in [0.2, 0.25) is 5.91 Å². The molecule has 0 bridgehead atoms. The molecule has 1 aromatic carbocycles. The number of nitrogens with zero attached hydrogens (tertiary/aromatic N) is 3. The lowest BCUT2D eigenvalue weighted by molar-refractivity contribution is -0.116. The molecule has 3 rings (SSSR count). The molecule has 1 N–H and O–H groups in total. The van der Waals surface area contributed by atoms with E-state index < -0.39 is 0 Å². The third-order valence-corrected chi connectivity index (χ3v) is 4.13. The smallest absolute Gasteiger partial charge is 0.224 e. The van der Waals surface area contributed by atoms with Crippen LogP contribution in [0, 0.1) is 0 Å². The Morgan fingerprint density at radius 3 is 2.43 bits per heavy atom. The maximum absolute atomic E-state index is 12.0. The Balaban J connectivity index is 1.50. The number of benzene rings is 1. The molecule has 1 saturated heterocycles. The van der Waals surface area contributed by atoms with Crippen LogP contribution >= 0.6 is 0 Å². The minimum atomic E-state index is 0.0135. The van der Waals surface area contributed by atoms with Gasteiger partial charge in [0.05, 0.1) is 0 Å². The minimum Gasteiger partial charge on any atom is -0.372 e. The Kier molecular flexibility index (Phi) is 5.19. The van der Waals surface area contributed by atoms with Crippen LogP contribution in [0.15, 0.2) is 43.0 Å². The van der Waals surface area contributed by atoms with Crippen LogP contribution in [0.5, 0.6) is 0 Å². The molecule has 1 fully saturated rings. The summed E-state index contributed by atoms with van der Waals surface area (Å²) in [5.41, 5.74) is 3.06. The van der Waals surface area contributed by atoms with Gasteiger partial charge in [-0.3, -0.25) is 4.79 Å². The topological polar surface area (TPSA) is 58.1 Å². The molecule has 2 aromatic rings. The van der Waals surface area contributed by atoms with E-state index in [0.29, 0.717) is 12.8 Å². The number of aromatic nitrogens is 2. The van der Waals surface area contributed by atoms with Crippen molar-refractivity contribution in [2.24, 2.45) is 0 Å². The first-order valence-electron chi connectivity index (χ1n) is 8.20.